The Balaban J connectivity index is 1.82. The van der Waals surface area contributed by atoms with Gasteiger partial charge in [0.1, 0.15) is 16.4 Å². The van der Waals surface area contributed by atoms with Gasteiger partial charge in [-0.25, -0.2) is 14.3 Å². The van der Waals surface area contributed by atoms with E-state index in [1.807, 2.05) is 26.8 Å². The van der Waals surface area contributed by atoms with E-state index in [-0.39, 0.29) is 18.4 Å². The summed E-state index contributed by atoms with van der Waals surface area (Å²) in [5.41, 5.74) is 0.981. The normalized spacial score (nSPS) is 21.8. The van der Waals surface area contributed by atoms with E-state index in [0.717, 1.165) is 11.1 Å². The molecule has 0 aromatic carbocycles. The van der Waals surface area contributed by atoms with E-state index >= 15 is 0 Å². The van der Waals surface area contributed by atoms with E-state index in [2.05, 4.69) is 21.3 Å². The molecule has 2 atom stereocenters. The molecule has 1 saturated heterocycles. The minimum Gasteiger partial charge on any atom is -0.465 e. The van der Waals surface area contributed by atoms with Crippen molar-refractivity contribution in [1.29, 1.82) is 5.26 Å². The highest BCUT2D eigenvalue weighted by Crippen LogP contribution is 2.47. The van der Waals surface area contributed by atoms with E-state index in [4.69, 9.17) is 11.6 Å². The number of nitrogens with zero attached hydrogens (tertiary/aromatic N) is 7. The molecule has 0 aliphatic carbocycles. The molecule has 3 aromatic heterocycles. The van der Waals surface area contributed by atoms with E-state index in [0.29, 0.717) is 10.8 Å². The van der Waals surface area contributed by atoms with Crippen LogP contribution in [0.2, 0.25) is 5.15 Å². The van der Waals surface area contributed by atoms with Crippen molar-refractivity contribution in [1.82, 2.24) is 29.3 Å². The van der Waals surface area contributed by atoms with Crippen LogP contribution in [0.4, 0.5) is 4.79 Å². The molecular formula is C19H20ClN7O2. The third kappa shape index (κ3) is 2.91. The lowest BCUT2D eigenvalue weighted by atomic mass is 9.66. The van der Waals surface area contributed by atoms with Crippen molar-refractivity contribution in [2.24, 2.45) is 5.41 Å². The molecule has 0 radical (unpaired) electrons. The molecule has 4 rings (SSSR count). The predicted octanol–water partition coefficient (Wildman–Crippen LogP) is 3.26. The second-order valence-electron chi connectivity index (χ2n) is 8.36. The van der Waals surface area contributed by atoms with Gasteiger partial charge >= 0.3 is 6.09 Å². The lowest BCUT2D eigenvalue weighted by Crippen LogP contribution is -2.75. The highest BCUT2D eigenvalue weighted by atomic mass is 35.5. The highest BCUT2D eigenvalue weighted by molar-refractivity contribution is 6.29. The number of carboxylic acid groups (broad SMARTS) is 1. The van der Waals surface area contributed by atoms with E-state index in [9.17, 15) is 15.2 Å². The van der Waals surface area contributed by atoms with Crippen molar-refractivity contribution in [3.05, 3.63) is 36.0 Å². The number of amides is 1. The molecule has 0 saturated carbocycles. The molecule has 2 unspecified atom stereocenters. The zero-order valence-electron chi connectivity index (χ0n) is 16.2. The monoisotopic (exact) mass is 413 g/mol. The van der Waals surface area contributed by atoms with Crippen LogP contribution >= 0.6 is 11.6 Å². The molecule has 1 fully saturated rings. The van der Waals surface area contributed by atoms with Gasteiger partial charge in [-0.3, -0.25) is 9.58 Å². The van der Waals surface area contributed by atoms with Crippen LogP contribution in [0.15, 0.2) is 30.9 Å². The summed E-state index contributed by atoms with van der Waals surface area (Å²) in [6.45, 7) is 6.11. The maximum atomic E-state index is 11.7. The third-order valence-electron chi connectivity index (χ3n) is 5.39. The van der Waals surface area contributed by atoms with Crippen molar-refractivity contribution >= 4 is 23.2 Å². The Morgan fingerprint density at radius 2 is 2.17 bits per heavy atom. The summed E-state index contributed by atoms with van der Waals surface area (Å²) < 4.78 is 3.36. The average molecular weight is 414 g/mol. The summed E-state index contributed by atoms with van der Waals surface area (Å²) in [7, 11) is 0. The van der Waals surface area contributed by atoms with Crippen LogP contribution in [0.25, 0.3) is 16.8 Å². The standard InChI is InChI=1S/C19H20ClN7O2/c1-18(2,3)16-19(5-6-21,11-25(16)17(28)29)27-9-12(8-23-27)15-13-4-7-22-26(13)10-14(20)24-15/h4,7-10,16H,5,11H2,1-3H3,(H,28,29). The largest absolute Gasteiger partial charge is 0.465 e. The van der Waals surface area contributed by atoms with Crippen LogP contribution in [0, 0.1) is 16.7 Å². The van der Waals surface area contributed by atoms with Gasteiger partial charge in [0, 0.05) is 11.8 Å². The first-order chi connectivity index (χ1) is 13.7. The van der Waals surface area contributed by atoms with Gasteiger partial charge in [-0.1, -0.05) is 32.4 Å². The first kappa shape index (κ1) is 19.2. The Morgan fingerprint density at radius 1 is 1.41 bits per heavy atom. The van der Waals surface area contributed by atoms with Gasteiger partial charge in [-0.15, -0.1) is 0 Å². The fourth-order valence-corrected chi connectivity index (χ4v) is 4.65. The summed E-state index contributed by atoms with van der Waals surface area (Å²) in [6.07, 6.45) is 5.89. The number of likely N-dealkylation sites (tertiary alicyclic amines) is 1. The lowest BCUT2D eigenvalue weighted by Gasteiger charge is -2.60. The maximum absolute atomic E-state index is 11.7. The molecular weight excluding hydrogens is 394 g/mol. The predicted molar refractivity (Wildman–Crippen MR) is 105 cm³/mol. The lowest BCUT2D eigenvalue weighted by molar-refractivity contribution is -0.1000. The van der Waals surface area contributed by atoms with Gasteiger partial charge in [-0.2, -0.15) is 15.5 Å². The molecule has 1 aliphatic heterocycles. The van der Waals surface area contributed by atoms with Gasteiger partial charge in [0.05, 0.1) is 49.2 Å². The van der Waals surface area contributed by atoms with Crippen molar-refractivity contribution in [3.63, 3.8) is 0 Å². The quantitative estimate of drug-likeness (QED) is 0.705. The number of carbonyl (C=O) groups is 1. The van der Waals surface area contributed by atoms with E-state index in [1.54, 1.807) is 34.0 Å². The Bertz CT molecular complexity index is 1140. The minimum absolute atomic E-state index is 0.144. The number of nitriles is 1. The number of aromatic nitrogens is 5. The zero-order chi connectivity index (χ0) is 21.0. The van der Waals surface area contributed by atoms with E-state index in [1.165, 1.54) is 4.90 Å². The van der Waals surface area contributed by atoms with Crippen molar-refractivity contribution < 1.29 is 9.90 Å². The molecule has 9 nitrogen and oxygen atoms in total. The second kappa shape index (κ2) is 6.46. The first-order valence-corrected chi connectivity index (χ1v) is 9.47. The van der Waals surface area contributed by atoms with Gasteiger partial charge in [0.15, 0.2) is 0 Å². The molecule has 3 aromatic rings. The van der Waals surface area contributed by atoms with Gasteiger partial charge in [0.2, 0.25) is 0 Å². The summed E-state index contributed by atoms with van der Waals surface area (Å²) >= 11 is 6.14. The molecule has 4 heterocycles. The minimum atomic E-state index is -0.997. The van der Waals surface area contributed by atoms with Crippen LogP contribution < -0.4 is 0 Å². The van der Waals surface area contributed by atoms with Gasteiger partial charge < -0.3 is 5.11 Å². The summed E-state index contributed by atoms with van der Waals surface area (Å²) in [4.78, 5) is 17.5. The Morgan fingerprint density at radius 3 is 2.83 bits per heavy atom. The van der Waals surface area contributed by atoms with Crippen LogP contribution in [0.3, 0.4) is 0 Å². The molecule has 1 N–H and O–H groups in total. The Hall–Kier alpha value is -3.12. The van der Waals surface area contributed by atoms with Crippen molar-refractivity contribution in [3.8, 4) is 17.3 Å². The summed E-state index contributed by atoms with van der Waals surface area (Å²) in [5.74, 6) is 0. The fourth-order valence-electron chi connectivity index (χ4n) is 4.47. The first-order valence-electron chi connectivity index (χ1n) is 9.09. The average Bonchev–Trinajstić information content (AvgIpc) is 3.24. The molecule has 29 heavy (non-hydrogen) atoms. The molecule has 1 aliphatic rings. The SMILES string of the molecule is CC(C)(C)C1N(C(=O)O)CC1(CC#N)n1cc(-c2nc(Cl)cn3nccc23)cn1. The van der Waals surface area contributed by atoms with Crippen LogP contribution in [-0.4, -0.2) is 53.1 Å². The van der Waals surface area contributed by atoms with Gasteiger partial charge in [0.25, 0.3) is 0 Å². The molecule has 150 valence electrons. The third-order valence-corrected chi connectivity index (χ3v) is 5.57. The number of fused-ring (bicyclic) bond motifs is 1. The van der Waals surface area contributed by atoms with Crippen LogP contribution in [-0.2, 0) is 5.54 Å². The smallest absolute Gasteiger partial charge is 0.407 e. The number of halogens is 1. The zero-order valence-corrected chi connectivity index (χ0v) is 17.0. The van der Waals surface area contributed by atoms with Crippen molar-refractivity contribution in [2.75, 3.05) is 6.54 Å². The summed E-state index contributed by atoms with van der Waals surface area (Å²) in [6, 6.07) is 3.65. The summed E-state index contributed by atoms with van der Waals surface area (Å²) in [5, 5.41) is 28.1. The van der Waals surface area contributed by atoms with Crippen LogP contribution in [0.5, 0.6) is 0 Å². The molecule has 10 heteroatoms. The topological polar surface area (TPSA) is 112 Å². The number of rotatable bonds is 3. The Kier molecular flexibility index (Phi) is 4.28. The van der Waals surface area contributed by atoms with E-state index < -0.39 is 17.7 Å². The molecule has 0 bridgehead atoms. The van der Waals surface area contributed by atoms with Crippen molar-refractivity contribution in [2.45, 2.75) is 38.8 Å². The second-order valence-corrected chi connectivity index (χ2v) is 8.75. The fraction of sp³-hybridized carbons (Fsp3) is 0.421. The van der Waals surface area contributed by atoms with Crippen LogP contribution in [0.1, 0.15) is 27.2 Å². The molecule has 0 spiro atoms. The number of hydrogen-bond acceptors (Lipinski definition) is 5. The molecule has 1 amide bonds. The maximum Gasteiger partial charge on any atom is 0.407 e. The number of hydrogen-bond donors (Lipinski definition) is 1. The Labute approximate surface area is 172 Å². The van der Waals surface area contributed by atoms with Gasteiger partial charge in [-0.05, 0) is 11.5 Å². The highest BCUT2D eigenvalue weighted by Gasteiger charge is 2.61.